The molecule has 1 aromatic rings. The standard InChI is InChI=1S/C20H29NO4/c1-3-24-17-11-6-5-9-15(17)18-16-10-7-8-12-20(16,23)13-14-21(18)19(22)25-4-2/h5-6,9,11,16,18,23H,3-4,7-8,10,12-14H2,1-2H3/t16-,18-,20+/m0/s1. The second-order valence-electron chi connectivity index (χ2n) is 7.01. The molecule has 3 rings (SSSR count). The summed E-state index contributed by atoms with van der Waals surface area (Å²) in [6, 6.07) is 7.67. The number of para-hydroxylation sites is 1. The molecule has 5 heteroatoms. The minimum absolute atomic E-state index is 0.0148. The summed E-state index contributed by atoms with van der Waals surface area (Å²) in [5, 5.41) is 11.3. The van der Waals surface area contributed by atoms with Crippen molar-refractivity contribution in [2.75, 3.05) is 19.8 Å². The fraction of sp³-hybridized carbons (Fsp3) is 0.650. The van der Waals surface area contributed by atoms with E-state index in [1.165, 1.54) is 0 Å². The van der Waals surface area contributed by atoms with Gasteiger partial charge in [-0.1, -0.05) is 31.0 Å². The lowest BCUT2D eigenvalue weighted by molar-refractivity contribution is -0.118. The summed E-state index contributed by atoms with van der Waals surface area (Å²) in [6.07, 6.45) is 4.16. The van der Waals surface area contributed by atoms with E-state index in [1.807, 2.05) is 38.1 Å². The van der Waals surface area contributed by atoms with Crippen molar-refractivity contribution < 1.29 is 19.4 Å². The van der Waals surface area contributed by atoms with Gasteiger partial charge in [0.1, 0.15) is 5.75 Å². The first-order valence-corrected chi connectivity index (χ1v) is 9.48. The number of carbonyl (C=O) groups excluding carboxylic acids is 1. The molecule has 2 aliphatic rings. The van der Waals surface area contributed by atoms with Gasteiger partial charge in [-0.15, -0.1) is 0 Å². The molecule has 1 N–H and O–H groups in total. The van der Waals surface area contributed by atoms with Crippen LogP contribution in [0.2, 0.25) is 0 Å². The largest absolute Gasteiger partial charge is 0.494 e. The molecule has 1 saturated carbocycles. The highest BCUT2D eigenvalue weighted by Gasteiger charge is 2.51. The number of amides is 1. The molecule has 2 fully saturated rings. The minimum atomic E-state index is -0.703. The summed E-state index contributed by atoms with van der Waals surface area (Å²) < 4.78 is 11.1. The molecule has 0 radical (unpaired) electrons. The van der Waals surface area contributed by atoms with E-state index in [9.17, 15) is 9.90 Å². The molecule has 25 heavy (non-hydrogen) atoms. The molecule has 5 nitrogen and oxygen atoms in total. The summed E-state index contributed by atoms with van der Waals surface area (Å²) >= 11 is 0. The van der Waals surface area contributed by atoms with Gasteiger partial charge in [-0.3, -0.25) is 0 Å². The van der Waals surface area contributed by atoms with Crippen molar-refractivity contribution in [3.05, 3.63) is 29.8 Å². The zero-order chi connectivity index (χ0) is 17.9. The zero-order valence-electron chi connectivity index (χ0n) is 15.2. The van der Waals surface area contributed by atoms with Gasteiger partial charge in [-0.2, -0.15) is 0 Å². The molecule has 0 unspecified atom stereocenters. The number of likely N-dealkylation sites (tertiary alicyclic amines) is 1. The van der Waals surface area contributed by atoms with Crippen LogP contribution in [0.25, 0.3) is 0 Å². The maximum Gasteiger partial charge on any atom is 0.410 e. The second kappa shape index (κ2) is 7.65. The van der Waals surface area contributed by atoms with Crippen molar-refractivity contribution in [1.29, 1.82) is 0 Å². The minimum Gasteiger partial charge on any atom is -0.494 e. The van der Waals surface area contributed by atoms with Crippen molar-refractivity contribution in [1.82, 2.24) is 4.90 Å². The van der Waals surface area contributed by atoms with E-state index in [4.69, 9.17) is 9.47 Å². The van der Waals surface area contributed by atoms with Crippen molar-refractivity contribution >= 4 is 6.09 Å². The van der Waals surface area contributed by atoms with Gasteiger partial charge in [0.15, 0.2) is 0 Å². The second-order valence-corrected chi connectivity index (χ2v) is 7.01. The van der Waals surface area contributed by atoms with Gasteiger partial charge in [0.25, 0.3) is 0 Å². The van der Waals surface area contributed by atoms with Crippen molar-refractivity contribution in [3.8, 4) is 5.75 Å². The van der Waals surface area contributed by atoms with E-state index >= 15 is 0 Å². The molecule has 0 bridgehead atoms. The van der Waals surface area contributed by atoms with Crippen LogP contribution in [0.4, 0.5) is 4.79 Å². The molecular formula is C20H29NO4. The molecule has 1 amide bonds. The Bertz CT molecular complexity index is 605. The van der Waals surface area contributed by atoms with Gasteiger partial charge in [0.05, 0.1) is 24.9 Å². The van der Waals surface area contributed by atoms with Crippen LogP contribution in [0.3, 0.4) is 0 Å². The normalized spacial score (nSPS) is 29.0. The van der Waals surface area contributed by atoms with Gasteiger partial charge in [0.2, 0.25) is 0 Å². The highest BCUT2D eigenvalue weighted by atomic mass is 16.6. The lowest BCUT2D eigenvalue weighted by Crippen LogP contribution is -2.56. The van der Waals surface area contributed by atoms with Crippen LogP contribution < -0.4 is 4.74 Å². The quantitative estimate of drug-likeness (QED) is 0.897. The number of ether oxygens (including phenoxy) is 2. The monoisotopic (exact) mass is 347 g/mol. The number of piperidine rings is 1. The smallest absolute Gasteiger partial charge is 0.410 e. The number of benzene rings is 1. The maximum absolute atomic E-state index is 12.6. The molecule has 1 aliphatic carbocycles. The van der Waals surface area contributed by atoms with Crippen LogP contribution in [0, 0.1) is 5.92 Å². The van der Waals surface area contributed by atoms with Crippen LogP contribution in [-0.4, -0.2) is 41.5 Å². The van der Waals surface area contributed by atoms with E-state index in [0.29, 0.717) is 26.2 Å². The number of hydrogen-bond acceptors (Lipinski definition) is 4. The Kier molecular flexibility index (Phi) is 5.52. The first-order chi connectivity index (χ1) is 12.1. The summed E-state index contributed by atoms with van der Waals surface area (Å²) in [5.41, 5.74) is 0.271. The Hall–Kier alpha value is -1.75. The highest BCUT2D eigenvalue weighted by molar-refractivity contribution is 5.69. The van der Waals surface area contributed by atoms with Crippen molar-refractivity contribution in [3.63, 3.8) is 0 Å². The Labute approximate surface area is 149 Å². The molecule has 138 valence electrons. The van der Waals surface area contributed by atoms with Gasteiger partial charge in [-0.25, -0.2) is 4.79 Å². The number of rotatable bonds is 4. The van der Waals surface area contributed by atoms with Gasteiger partial charge in [0, 0.05) is 18.0 Å². The van der Waals surface area contributed by atoms with E-state index < -0.39 is 5.60 Å². The average Bonchev–Trinajstić information content (AvgIpc) is 2.61. The summed E-state index contributed by atoms with van der Waals surface area (Å²) in [6.45, 7) is 5.21. The van der Waals surface area contributed by atoms with Gasteiger partial charge in [-0.05, 0) is 39.2 Å². The Morgan fingerprint density at radius 1 is 1.24 bits per heavy atom. The van der Waals surface area contributed by atoms with Crippen molar-refractivity contribution in [2.45, 2.75) is 57.6 Å². The van der Waals surface area contributed by atoms with Crippen LogP contribution in [-0.2, 0) is 4.74 Å². The predicted molar refractivity (Wildman–Crippen MR) is 95.6 cm³/mol. The molecule has 0 aromatic heterocycles. The summed E-state index contributed by atoms with van der Waals surface area (Å²) in [7, 11) is 0. The number of hydrogen-bond donors (Lipinski definition) is 1. The number of nitrogens with zero attached hydrogens (tertiary/aromatic N) is 1. The van der Waals surface area contributed by atoms with E-state index in [0.717, 1.165) is 37.0 Å². The lowest BCUT2D eigenvalue weighted by Gasteiger charge is -2.52. The predicted octanol–water partition coefficient (Wildman–Crippen LogP) is 3.91. The highest BCUT2D eigenvalue weighted by Crippen LogP contribution is 2.50. The molecule has 3 atom stereocenters. The van der Waals surface area contributed by atoms with Crippen molar-refractivity contribution in [2.24, 2.45) is 5.92 Å². The third-order valence-electron chi connectivity index (χ3n) is 5.61. The molecular weight excluding hydrogens is 318 g/mol. The number of carbonyl (C=O) groups is 1. The number of fused-ring (bicyclic) bond motifs is 1. The molecule has 1 heterocycles. The summed E-state index contributed by atoms with van der Waals surface area (Å²) in [5.74, 6) is 0.806. The SMILES string of the molecule is CCOC(=O)N1CC[C@]2(O)CCCC[C@H]2[C@@H]1c1ccccc1OCC. The van der Waals surface area contributed by atoms with Crippen LogP contribution in [0.5, 0.6) is 5.75 Å². The molecule has 1 aliphatic heterocycles. The van der Waals surface area contributed by atoms with Gasteiger partial charge < -0.3 is 19.5 Å². The summed E-state index contributed by atoms with van der Waals surface area (Å²) in [4.78, 5) is 14.4. The third-order valence-corrected chi connectivity index (χ3v) is 5.61. The van der Waals surface area contributed by atoms with Crippen LogP contribution >= 0.6 is 0 Å². The first kappa shape index (κ1) is 18.1. The lowest BCUT2D eigenvalue weighted by atomic mass is 9.66. The average molecular weight is 347 g/mol. The fourth-order valence-electron chi connectivity index (χ4n) is 4.49. The Morgan fingerprint density at radius 2 is 2.04 bits per heavy atom. The van der Waals surface area contributed by atoms with E-state index in [1.54, 1.807) is 4.90 Å². The zero-order valence-corrected chi connectivity index (χ0v) is 15.2. The van der Waals surface area contributed by atoms with Gasteiger partial charge >= 0.3 is 6.09 Å². The topological polar surface area (TPSA) is 59.0 Å². The van der Waals surface area contributed by atoms with E-state index in [-0.39, 0.29) is 18.1 Å². The third kappa shape index (κ3) is 3.47. The molecule has 0 spiro atoms. The Morgan fingerprint density at radius 3 is 2.80 bits per heavy atom. The molecule has 1 aromatic carbocycles. The fourth-order valence-corrected chi connectivity index (χ4v) is 4.49. The maximum atomic E-state index is 12.6. The Balaban J connectivity index is 2.02. The van der Waals surface area contributed by atoms with Crippen LogP contribution in [0.1, 0.15) is 57.6 Å². The number of aliphatic hydroxyl groups is 1. The first-order valence-electron chi connectivity index (χ1n) is 9.48. The van der Waals surface area contributed by atoms with E-state index in [2.05, 4.69) is 0 Å². The van der Waals surface area contributed by atoms with Crippen LogP contribution in [0.15, 0.2) is 24.3 Å². The molecule has 1 saturated heterocycles.